The van der Waals surface area contributed by atoms with Crippen molar-refractivity contribution in [2.24, 2.45) is 0 Å². The van der Waals surface area contributed by atoms with Crippen LogP contribution in [0.4, 0.5) is 13.2 Å². The zero-order valence-corrected chi connectivity index (χ0v) is 12.8. The van der Waals surface area contributed by atoms with Crippen LogP contribution in [-0.4, -0.2) is 43.0 Å². The number of imidazole rings is 1. The van der Waals surface area contributed by atoms with Gasteiger partial charge < -0.3 is 4.57 Å². The predicted octanol–water partition coefficient (Wildman–Crippen LogP) is 2.70. The molecule has 0 aliphatic carbocycles. The summed E-state index contributed by atoms with van der Waals surface area (Å²) in [4.78, 5) is 6.35. The van der Waals surface area contributed by atoms with Crippen LogP contribution in [0.25, 0.3) is 0 Å². The number of aromatic nitrogens is 4. The van der Waals surface area contributed by atoms with Gasteiger partial charge in [0.1, 0.15) is 12.4 Å². The average molecular weight is 327 g/mol. The molecule has 0 bridgehead atoms. The molecule has 1 aliphatic rings. The minimum absolute atomic E-state index is 0.277. The Labute approximate surface area is 132 Å². The largest absolute Gasteiger partial charge is 0.406 e. The molecule has 3 rings (SSSR count). The van der Waals surface area contributed by atoms with Crippen molar-refractivity contribution in [3.8, 4) is 0 Å². The highest BCUT2D eigenvalue weighted by atomic mass is 19.4. The zero-order chi connectivity index (χ0) is 16.3. The zero-order valence-electron chi connectivity index (χ0n) is 12.8. The molecule has 2 aromatic heterocycles. The molecule has 23 heavy (non-hydrogen) atoms. The molecule has 2 aromatic rings. The van der Waals surface area contributed by atoms with Crippen molar-refractivity contribution in [2.45, 2.75) is 51.1 Å². The highest BCUT2D eigenvalue weighted by Crippen LogP contribution is 2.22. The van der Waals surface area contributed by atoms with Gasteiger partial charge in [-0.05, 0) is 25.5 Å². The van der Waals surface area contributed by atoms with Crippen molar-refractivity contribution in [1.82, 2.24) is 24.2 Å². The van der Waals surface area contributed by atoms with E-state index in [9.17, 15) is 13.2 Å². The molecule has 1 unspecified atom stereocenters. The number of hydrogen-bond acceptors (Lipinski definition) is 3. The van der Waals surface area contributed by atoms with Crippen LogP contribution in [0.3, 0.4) is 0 Å². The average Bonchev–Trinajstić information content (AvgIpc) is 3.12. The molecule has 0 radical (unpaired) electrons. The second-order valence-corrected chi connectivity index (χ2v) is 5.93. The number of piperidine rings is 1. The fourth-order valence-electron chi connectivity index (χ4n) is 3.11. The van der Waals surface area contributed by atoms with Gasteiger partial charge in [0.2, 0.25) is 0 Å². The predicted molar refractivity (Wildman–Crippen MR) is 78.6 cm³/mol. The fourth-order valence-corrected chi connectivity index (χ4v) is 3.11. The Kier molecular flexibility index (Phi) is 4.70. The molecule has 1 atom stereocenters. The van der Waals surface area contributed by atoms with Gasteiger partial charge in [0.05, 0.1) is 13.1 Å². The van der Waals surface area contributed by atoms with Gasteiger partial charge in [-0.3, -0.25) is 9.58 Å². The van der Waals surface area contributed by atoms with E-state index in [1.807, 2.05) is 16.9 Å². The Hall–Kier alpha value is -1.83. The quantitative estimate of drug-likeness (QED) is 0.847. The first-order valence-corrected chi connectivity index (χ1v) is 7.79. The van der Waals surface area contributed by atoms with Crippen LogP contribution < -0.4 is 0 Å². The van der Waals surface area contributed by atoms with Gasteiger partial charge in [-0.1, -0.05) is 6.42 Å². The SMILES string of the molecule is FC(F)(F)Cn1ccnc1CN1CCCCC1Cn1cccn1. The Balaban J connectivity index is 1.68. The minimum Gasteiger partial charge on any atom is -0.325 e. The van der Waals surface area contributed by atoms with E-state index < -0.39 is 12.7 Å². The first-order valence-electron chi connectivity index (χ1n) is 7.79. The summed E-state index contributed by atoms with van der Waals surface area (Å²) < 4.78 is 41.0. The second-order valence-electron chi connectivity index (χ2n) is 5.93. The van der Waals surface area contributed by atoms with Crippen LogP contribution in [0.1, 0.15) is 25.1 Å². The van der Waals surface area contributed by atoms with Gasteiger partial charge in [0, 0.05) is 30.8 Å². The Bertz CT molecular complexity index is 605. The van der Waals surface area contributed by atoms with Crippen molar-refractivity contribution in [3.63, 3.8) is 0 Å². The summed E-state index contributed by atoms with van der Waals surface area (Å²) in [7, 11) is 0. The van der Waals surface area contributed by atoms with Crippen LogP contribution in [-0.2, 0) is 19.6 Å². The maximum absolute atomic E-state index is 12.6. The molecule has 3 heterocycles. The van der Waals surface area contributed by atoms with Gasteiger partial charge in [0.25, 0.3) is 0 Å². The molecular weight excluding hydrogens is 307 g/mol. The number of nitrogens with zero attached hydrogens (tertiary/aromatic N) is 5. The van der Waals surface area contributed by atoms with Crippen LogP contribution in [0.2, 0.25) is 0 Å². The molecule has 0 N–H and O–H groups in total. The third-order valence-corrected chi connectivity index (χ3v) is 4.20. The first-order chi connectivity index (χ1) is 11.0. The highest BCUT2D eigenvalue weighted by molar-refractivity contribution is 4.95. The summed E-state index contributed by atoms with van der Waals surface area (Å²) in [5, 5.41) is 4.23. The summed E-state index contributed by atoms with van der Waals surface area (Å²) in [6, 6.07) is 2.16. The third kappa shape index (κ3) is 4.34. The summed E-state index contributed by atoms with van der Waals surface area (Å²) in [5.74, 6) is 0.467. The van der Waals surface area contributed by atoms with Crippen LogP contribution in [0.5, 0.6) is 0 Å². The lowest BCUT2D eigenvalue weighted by Crippen LogP contribution is -2.42. The molecule has 1 aliphatic heterocycles. The second kappa shape index (κ2) is 6.74. The van der Waals surface area contributed by atoms with E-state index in [0.29, 0.717) is 12.4 Å². The standard InChI is InChI=1S/C15H20F3N5/c16-15(17,18)12-22-9-6-19-14(22)11-21-7-2-1-4-13(21)10-23-8-3-5-20-23/h3,5-6,8-9,13H,1-2,4,7,10-12H2. The number of halogens is 3. The molecule has 8 heteroatoms. The van der Waals surface area contributed by atoms with E-state index in [-0.39, 0.29) is 6.04 Å². The molecule has 5 nitrogen and oxygen atoms in total. The van der Waals surface area contributed by atoms with Gasteiger partial charge in [-0.2, -0.15) is 18.3 Å². The first kappa shape index (κ1) is 16.0. The normalized spacial score (nSPS) is 20.0. The van der Waals surface area contributed by atoms with Crippen molar-refractivity contribution < 1.29 is 13.2 Å². The highest BCUT2D eigenvalue weighted by Gasteiger charge is 2.30. The summed E-state index contributed by atoms with van der Waals surface area (Å²) in [6.07, 6.45) is 5.49. The van der Waals surface area contributed by atoms with Crippen molar-refractivity contribution in [1.29, 1.82) is 0 Å². The summed E-state index contributed by atoms with van der Waals surface area (Å²) in [6.45, 7) is 1.09. The molecule has 126 valence electrons. The monoisotopic (exact) mass is 327 g/mol. The molecule has 0 saturated carbocycles. The van der Waals surface area contributed by atoms with Crippen LogP contribution in [0.15, 0.2) is 30.9 Å². The Morgan fingerprint density at radius 1 is 1.17 bits per heavy atom. The number of alkyl halides is 3. The molecule has 0 spiro atoms. The molecule has 1 saturated heterocycles. The van der Waals surface area contributed by atoms with Gasteiger partial charge >= 0.3 is 6.18 Å². The lowest BCUT2D eigenvalue weighted by molar-refractivity contribution is -0.141. The van der Waals surface area contributed by atoms with Crippen molar-refractivity contribution in [2.75, 3.05) is 6.54 Å². The van der Waals surface area contributed by atoms with Crippen LogP contribution in [0, 0.1) is 0 Å². The van der Waals surface area contributed by atoms with Gasteiger partial charge in [-0.25, -0.2) is 4.98 Å². The number of hydrogen-bond donors (Lipinski definition) is 0. The van der Waals surface area contributed by atoms with Crippen molar-refractivity contribution in [3.05, 3.63) is 36.7 Å². The van der Waals surface area contributed by atoms with E-state index in [2.05, 4.69) is 15.0 Å². The topological polar surface area (TPSA) is 38.9 Å². The maximum Gasteiger partial charge on any atom is 0.406 e. The number of rotatable bonds is 5. The lowest BCUT2D eigenvalue weighted by atomic mass is 10.0. The van der Waals surface area contributed by atoms with Crippen LogP contribution >= 0.6 is 0 Å². The van der Waals surface area contributed by atoms with E-state index >= 15 is 0 Å². The van der Waals surface area contributed by atoms with E-state index in [1.165, 1.54) is 17.0 Å². The molecular formula is C15H20F3N5. The van der Waals surface area contributed by atoms with E-state index in [4.69, 9.17) is 0 Å². The fraction of sp³-hybridized carbons (Fsp3) is 0.600. The lowest BCUT2D eigenvalue weighted by Gasteiger charge is -2.35. The van der Waals surface area contributed by atoms with Crippen molar-refractivity contribution >= 4 is 0 Å². The van der Waals surface area contributed by atoms with Gasteiger partial charge in [0.15, 0.2) is 0 Å². The van der Waals surface area contributed by atoms with Gasteiger partial charge in [-0.15, -0.1) is 0 Å². The molecule has 1 fully saturated rings. The minimum atomic E-state index is -4.23. The summed E-state index contributed by atoms with van der Waals surface area (Å²) >= 11 is 0. The smallest absolute Gasteiger partial charge is 0.325 e. The molecule has 0 amide bonds. The Morgan fingerprint density at radius 3 is 2.78 bits per heavy atom. The Morgan fingerprint density at radius 2 is 2.04 bits per heavy atom. The third-order valence-electron chi connectivity index (χ3n) is 4.20. The van der Waals surface area contributed by atoms with E-state index in [1.54, 1.807) is 6.20 Å². The molecule has 0 aromatic carbocycles. The summed E-state index contributed by atoms with van der Waals surface area (Å²) in [5.41, 5.74) is 0. The maximum atomic E-state index is 12.6. The van der Waals surface area contributed by atoms with E-state index in [0.717, 1.165) is 32.4 Å². The number of likely N-dealkylation sites (tertiary alicyclic amines) is 1.